The van der Waals surface area contributed by atoms with Crippen LogP contribution < -0.4 is 21.1 Å². The van der Waals surface area contributed by atoms with E-state index in [1.165, 1.54) is 19.1 Å². The lowest BCUT2D eigenvalue weighted by atomic mass is 10.1. The number of hydrogen-bond donors (Lipinski definition) is 3. The van der Waals surface area contributed by atoms with Crippen LogP contribution in [0.3, 0.4) is 0 Å². The Morgan fingerprint density at radius 3 is 2.62 bits per heavy atom. The molecule has 0 radical (unpaired) electrons. The number of nitrogens with one attached hydrogen (secondary N) is 2. The summed E-state index contributed by atoms with van der Waals surface area (Å²) in [5.74, 6) is -0.913. The summed E-state index contributed by atoms with van der Waals surface area (Å²) in [5, 5.41) is 5.10. The van der Waals surface area contributed by atoms with Crippen molar-refractivity contribution >= 4 is 11.9 Å². The highest BCUT2D eigenvalue weighted by molar-refractivity contribution is 5.95. The number of imide groups is 1. The number of urea groups is 1. The van der Waals surface area contributed by atoms with E-state index in [1.54, 1.807) is 6.07 Å². The van der Waals surface area contributed by atoms with E-state index in [0.29, 0.717) is 0 Å². The van der Waals surface area contributed by atoms with Crippen LogP contribution in [-0.4, -0.2) is 24.6 Å². The van der Waals surface area contributed by atoms with Crippen molar-refractivity contribution in [2.24, 2.45) is 5.73 Å². The molecule has 0 spiro atoms. The maximum atomic E-state index is 13.4. The van der Waals surface area contributed by atoms with Crippen LogP contribution >= 0.6 is 0 Å². The Morgan fingerprint density at radius 2 is 2.05 bits per heavy atom. The molecule has 0 aliphatic rings. The Morgan fingerprint density at radius 1 is 1.38 bits per heavy atom. The van der Waals surface area contributed by atoms with Crippen LogP contribution in [0.1, 0.15) is 32.4 Å². The quantitative estimate of drug-likeness (QED) is 0.741. The van der Waals surface area contributed by atoms with Gasteiger partial charge in [0, 0.05) is 17.7 Å². The minimum atomic E-state index is -0.980. The number of ether oxygens (including phenoxy) is 1. The fourth-order valence-corrected chi connectivity index (χ4v) is 1.85. The van der Waals surface area contributed by atoms with Crippen LogP contribution in [0.25, 0.3) is 0 Å². The molecule has 1 aromatic carbocycles. The van der Waals surface area contributed by atoms with E-state index >= 15 is 0 Å². The molecule has 7 heteroatoms. The summed E-state index contributed by atoms with van der Waals surface area (Å²) in [5.41, 5.74) is 5.59. The predicted octanol–water partition coefficient (Wildman–Crippen LogP) is 1.46. The number of nitrogens with two attached hydrogens (primary N) is 1. The van der Waals surface area contributed by atoms with Gasteiger partial charge < -0.3 is 15.8 Å². The number of benzene rings is 1. The van der Waals surface area contributed by atoms with Gasteiger partial charge in [-0.1, -0.05) is 13.0 Å². The molecule has 0 aromatic heterocycles. The number of halogens is 1. The molecule has 0 saturated heterocycles. The van der Waals surface area contributed by atoms with Gasteiger partial charge in [0.2, 0.25) is 0 Å². The van der Waals surface area contributed by atoms with Crippen molar-refractivity contribution in [3.05, 3.63) is 29.6 Å². The lowest BCUT2D eigenvalue weighted by molar-refractivity contribution is -0.126. The van der Waals surface area contributed by atoms with Gasteiger partial charge in [0.1, 0.15) is 11.6 Å². The third-order valence-corrected chi connectivity index (χ3v) is 2.87. The Labute approximate surface area is 122 Å². The van der Waals surface area contributed by atoms with E-state index in [9.17, 15) is 14.0 Å². The molecule has 2 atom stereocenters. The van der Waals surface area contributed by atoms with Crippen molar-refractivity contribution in [1.29, 1.82) is 0 Å². The zero-order valence-corrected chi connectivity index (χ0v) is 12.3. The molecule has 3 amide bonds. The molecule has 116 valence electrons. The monoisotopic (exact) mass is 297 g/mol. The molecule has 1 aromatic rings. The van der Waals surface area contributed by atoms with Crippen molar-refractivity contribution in [2.75, 3.05) is 6.54 Å². The number of amides is 3. The first-order valence-corrected chi connectivity index (χ1v) is 6.65. The summed E-state index contributed by atoms with van der Waals surface area (Å²) >= 11 is 0. The van der Waals surface area contributed by atoms with Crippen molar-refractivity contribution < 1.29 is 18.7 Å². The van der Waals surface area contributed by atoms with E-state index in [0.717, 1.165) is 12.1 Å². The van der Waals surface area contributed by atoms with E-state index in [2.05, 4.69) is 5.32 Å². The second-order valence-corrected chi connectivity index (χ2v) is 4.58. The van der Waals surface area contributed by atoms with Gasteiger partial charge in [-0.3, -0.25) is 10.1 Å². The van der Waals surface area contributed by atoms with Crippen molar-refractivity contribution in [3.8, 4) is 5.75 Å². The molecule has 2 unspecified atom stereocenters. The number of primary amides is 1. The van der Waals surface area contributed by atoms with Crippen LogP contribution in [0.5, 0.6) is 5.75 Å². The SMILES string of the molecule is CCNC(C)c1ccc(F)cc1OC(C)C(=O)NC(N)=O. The average Bonchev–Trinajstić information content (AvgIpc) is 2.38. The zero-order chi connectivity index (χ0) is 16.0. The molecule has 0 aliphatic heterocycles. The first kappa shape index (κ1) is 16.9. The third kappa shape index (κ3) is 5.03. The molecular formula is C14H20FN3O3. The highest BCUT2D eigenvalue weighted by atomic mass is 19.1. The van der Waals surface area contributed by atoms with Crippen LogP contribution in [0.4, 0.5) is 9.18 Å². The van der Waals surface area contributed by atoms with Gasteiger partial charge in [-0.05, 0) is 26.5 Å². The van der Waals surface area contributed by atoms with E-state index in [4.69, 9.17) is 10.5 Å². The lowest BCUT2D eigenvalue weighted by Crippen LogP contribution is -2.42. The molecule has 0 bridgehead atoms. The molecule has 0 aliphatic carbocycles. The van der Waals surface area contributed by atoms with Crippen LogP contribution in [-0.2, 0) is 4.79 Å². The summed E-state index contributed by atoms with van der Waals surface area (Å²) in [4.78, 5) is 22.2. The predicted molar refractivity (Wildman–Crippen MR) is 76.3 cm³/mol. The summed E-state index contributed by atoms with van der Waals surface area (Å²) < 4.78 is 18.8. The summed E-state index contributed by atoms with van der Waals surface area (Å²) in [6, 6.07) is 3.09. The maximum absolute atomic E-state index is 13.4. The molecule has 0 saturated carbocycles. The Hall–Kier alpha value is -2.15. The number of carbonyl (C=O) groups excluding carboxylic acids is 2. The van der Waals surface area contributed by atoms with Gasteiger partial charge in [-0.2, -0.15) is 0 Å². The number of rotatable bonds is 6. The number of carbonyl (C=O) groups is 2. The minimum absolute atomic E-state index is 0.0722. The maximum Gasteiger partial charge on any atom is 0.318 e. The van der Waals surface area contributed by atoms with Gasteiger partial charge in [-0.25, -0.2) is 9.18 Å². The molecule has 6 nitrogen and oxygen atoms in total. The largest absolute Gasteiger partial charge is 0.480 e. The molecule has 0 fully saturated rings. The van der Waals surface area contributed by atoms with E-state index in [1.807, 2.05) is 19.2 Å². The van der Waals surface area contributed by atoms with Crippen molar-refractivity contribution in [1.82, 2.24) is 10.6 Å². The standard InChI is InChI=1S/C14H20FN3O3/c1-4-17-8(2)11-6-5-10(15)7-12(11)21-9(3)13(19)18-14(16)20/h5-9,17H,4H2,1-3H3,(H3,16,18,19,20). The van der Waals surface area contributed by atoms with Gasteiger partial charge in [0.05, 0.1) is 0 Å². The molecule has 4 N–H and O–H groups in total. The second kappa shape index (κ2) is 7.58. The summed E-state index contributed by atoms with van der Waals surface area (Å²) in [7, 11) is 0. The second-order valence-electron chi connectivity index (χ2n) is 4.58. The molecule has 1 rings (SSSR count). The fraction of sp³-hybridized carbons (Fsp3) is 0.429. The minimum Gasteiger partial charge on any atom is -0.480 e. The van der Waals surface area contributed by atoms with Gasteiger partial charge in [-0.15, -0.1) is 0 Å². The summed E-state index contributed by atoms with van der Waals surface area (Å²) in [6.45, 7) is 6.03. The van der Waals surface area contributed by atoms with E-state index < -0.39 is 23.9 Å². The smallest absolute Gasteiger partial charge is 0.318 e. The fourth-order valence-electron chi connectivity index (χ4n) is 1.85. The topological polar surface area (TPSA) is 93.4 Å². The van der Waals surface area contributed by atoms with Gasteiger partial charge in [0.15, 0.2) is 6.10 Å². The molecule has 21 heavy (non-hydrogen) atoms. The highest BCUT2D eigenvalue weighted by Gasteiger charge is 2.19. The number of hydrogen-bond acceptors (Lipinski definition) is 4. The Balaban J connectivity index is 2.92. The van der Waals surface area contributed by atoms with Crippen LogP contribution in [0.15, 0.2) is 18.2 Å². The Bertz CT molecular complexity index is 522. The summed E-state index contributed by atoms with van der Waals surface area (Å²) in [6.07, 6.45) is -0.980. The Kier molecular flexibility index (Phi) is 6.10. The molecule has 0 heterocycles. The van der Waals surface area contributed by atoms with Gasteiger partial charge >= 0.3 is 6.03 Å². The van der Waals surface area contributed by atoms with Gasteiger partial charge in [0.25, 0.3) is 5.91 Å². The average molecular weight is 297 g/mol. The van der Waals surface area contributed by atoms with Crippen LogP contribution in [0.2, 0.25) is 0 Å². The first-order valence-electron chi connectivity index (χ1n) is 6.65. The van der Waals surface area contributed by atoms with Crippen LogP contribution in [0, 0.1) is 5.82 Å². The van der Waals surface area contributed by atoms with Crippen molar-refractivity contribution in [3.63, 3.8) is 0 Å². The lowest BCUT2D eigenvalue weighted by Gasteiger charge is -2.20. The first-order chi connectivity index (χ1) is 9.85. The van der Waals surface area contributed by atoms with E-state index in [-0.39, 0.29) is 11.8 Å². The zero-order valence-electron chi connectivity index (χ0n) is 12.3. The van der Waals surface area contributed by atoms with Crippen molar-refractivity contribution in [2.45, 2.75) is 32.9 Å². The third-order valence-electron chi connectivity index (χ3n) is 2.87. The highest BCUT2D eigenvalue weighted by Crippen LogP contribution is 2.27. The normalized spacial score (nSPS) is 13.3. The molecular weight excluding hydrogens is 277 g/mol.